The molecule has 3 heteroatoms. The zero-order chi connectivity index (χ0) is 6.95. The van der Waals surface area contributed by atoms with Crippen molar-refractivity contribution in [3.8, 4) is 6.07 Å². The topological polar surface area (TPSA) is 45.0 Å². The van der Waals surface area contributed by atoms with Gasteiger partial charge in [0.2, 0.25) is 0 Å². The number of nitriles is 1. The molecule has 0 aromatic heterocycles. The van der Waals surface area contributed by atoms with Crippen LogP contribution in [0.25, 0.3) is 0 Å². The largest absolute Gasteiger partial charge is 0.391 e. The highest BCUT2D eigenvalue weighted by Crippen LogP contribution is 1.80. The molecule has 0 amide bonds. The van der Waals surface area contributed by atoms with Gasteiger partial charge in [-0.1, -0.05) is 0 Å². The molecule has 9 heavy (non-hydrogen) atoms. The number of hydroxylamine groups is 1. The summed E-state index contributed by atoms with van der Waals surface area (Å²) in [7, 11) is 0. The molecule has 1 aliphatic rings. The number of nitrogens with one attached hydrogen (secondary N) is 1. The fraction of sp³-hybridized carbons (Fsp3) is 0.167. The van der Waals surface area contributed by atoms with Gasteiger partial charge in [-0.3, -0.25) is 0 Å². The van der Waals surface area contributed by atoms with Crippen LogP contribution < -0.4 is 5.48 Å². The molecule has 0 saturated carbocycles. The second-order valence-electron chi connectivity index (χ2n) is 1.15. The number of allylic oxidation sites excluding steroid dienone is 2. The minimum Gasteiger partial charge on any atom is -0.391 e. The smallest absolute Gasteiger partial charge is 0.119 e. The number of nitrogens with zero attached hydrogens (tertiary/aromatic N) is 1. The lowest BCUT2D eigenvalue weighted by molar-refractivity contribution is 0.172. The molecule has 0 saturated heterocycles. The summed E-state index contributed by atoms with van der Waals surface area (Å²) in [5.41, 5.74) is 2.52. The average molecular weight is 124 g/mol. The Kier molecular flexibility index (Phi) is 5.53. The second kappa shape index (κ2) is 6.57. The molecule has 1 N–H and O–H groups in total. The van der Waals surface area contributed by atoms with Gasteiger partial charge in [0.25, 0.3) is 0 Å². The van der Waals surface area contributed by atoms with Gasteiger partial charge in [-0.2, -0.15) is 5.26 Å². The molecule has 1 rings (SSSR count). The molecule has 1 heterocycles. The van der Waals surface area contributed by atoms with E-state index in [4.69, 9.17) is 5.26 Å². The van der Waals surface area contributed by atoms with Crippen LogP contribution >= 0.6 is 0 Å². The summed E-state index contributed by atoms with van der Waals surface area (Å²) < 4.78 is 0. The second-order valence-corrected chi connectivity index (χ2v) is 1.15. The maximum Gasteiger partial charge on any atom is 0.119 e. The Hall–Kier alpha value is -1.43. The third kappa shape index (κ3) is 6.57. The van der Waals surface area contributed by atoms with E-state index in [9.17, 15) is 0 Å². The monoisotopic (exact) mass is 124 g/mol. The molecule has 48 valence electrons. The molecule has 0 bridgehead atoms. The van der Waals surface area contributed by atoms with E-state index in [1.807, 2.05) is 6.08 Å². The van der Waals surface area contributed by atoms with Crippen LogP contribution in [0.1, 0.15) is 6.92 Å². The van der Waals surface area contributed by atoms with E-state index in [-0.39, 0.29) is 0 Å². The molecule has 0 aromatic rings. The zero-order valence-corrected chi connectivity index (χ0v) is 5.16. The first-order chi connectivity index (χ1) is 4.41. The Morgan fingerprint density at radius 1 is 1.56 bits per heavy atom. The maximum absolute atomic E-state index is 7.32. The minimum atomic E-state index is 1.43. The fourth-order valence-corrected chi connectivity index (χ4v) is 0.258. The molecule has 0 atom stereocenters. The number of hydrogen-bond acceptors (Lipinski definition) is 3. The average Bonchev–Trinajstić information content (AvgIpc) is 1.93. The van der Waals surface area contributed by atoms with E-state index < -0.39 is 0 Å². The molecule has 0 spiro atoms. The van der Waals surface area contributed by atoms with Crippen molar-refractivity contribution in [1.29, 1.82) is 5.26 Å². The standard InChI is InChI=1S/C4H5NO.C2H3N/c1-2-4-6-5-3-1;1-2-3/h1-5H;1H3. The molecule has 0 unspecified atom stereocenters. The number of rotatable bonds is 0. The van der Waals surface area contributed by atoms with Crippen molar-refractivity contribution in [3.63, 3.8) is 0 Å². The SMILES string of the molecule is C1=CNOC=C1.CC#N. The Labute approximate surface area is 54.2 Å². The van der Waals surface area contributed by atoms with E-state index in [0.29, 0.717) is 0 Å². The predicted molar refractivity (Wildman–Crippen MR) is 33.8 cm³/mol. The molecule has 3 nitrogen and oxygen atoms in total. The molecule has 0 fully saturated rings. The van der Waals surface area contributed by atoms with E-state index in [1.165, 1.54) is 6.92 Å². The summed E-state index contributed by atoms with van der Waals surface area (Å²) in [5, 5.41) is 7.32. The van der Waals surface area contributed by atoms with Crippen molar-refractivity contribution >= 4 is 0 Å². The molecular formula is C6H8N2O. The fourth-order valence-electron chi connectivity index (χ4n) is 0.258. The minimum absolute atomic E-state index is 1.43. The van der Waals surface area contributed by atoms with Crippen molar-refractivity contribution in [2.45, 2.75) is 6.92 Å². The molecule has 0 radical (unpaired) electrons. The van der Waals surface area contributed by atoms with Crippen molar-refractivity contribution in [1.82, 2.24) is 5.48 Å². The first-order valence-electron chi connectivity index (χ1n) is 2.45. The van der Waals surface area contributed by atoms with Crippen LogP contribution in [0.15, 0.2) is 24.6 Å². The van der Waals surface area contributed by atoms with Crippen molar-refractivity contribution in [2.24, 2.45) is 0 Å². The van der Waals surface area contributed by atoms with Gasteiger partial charge in [0, 0.05) is 13.1 Å². The van der Waals surface area contributed by atoms with Gasteiger partial charge < -0.3 is 4.84 Å². The van der Waals surface area contributed by atoms with Crippen LogP contribution in [0.2, 0.25) is 0 Å². The van der Waals surface area contributed by atoms with Crippen molar-refractivity contribution in [3.05, 3.63) is 24.6 Å². The van der Waals surface area contributed by atoms with Crippen LogP contribution in [-0.2, 0) is 4.84 Å². The van der Waals surface area contributed by atoms with Crippen LogP contribution in [0, 0.1) is 11.3 Å². The lowest BCUT2D eigenvalue weighted by Crippen LogP contribution is -2.01. The van der Waals surface area contributed by atoms with Gasteiger partial charge in [-0.15, -0.1) is 0 Å². The Balaban J connectivity index is 0.000000187. The van der Waals surface area contributed by atoms with E-state index in [1.54, 1.807) is 24.6 Å². The highest BCUT2D eigenvalue weighted by molar-refractivity contribution is 5.00. The molecular weight excluding hydrogens is 116 g/mol. The van der Waals surface area contributed by atoms with Crippen LogP contribution in [0.5, 0.6) is 0 Å². The van der Waals surface area contributed by atoms with E-state index >= 15 is 0 Å². The van der Waals surface area contributed by atoms with Crippen molar-refractivity contribution < 1.29 is 4.84 Å². The van der Waals surface area contributed by atoms with Crippen LogP contribution in [0.4, 0.5) is 0 Å². The van der Waals surface area contributed by atoms with Crippen molar-refractivity contribution in [2.75, 3.05) is 0 Å². The van der Waals surface area contributed by atoms with Gasteiger partial charge in [0.05, 0.1) is 6.07 Å². The highest BCUT2D eigenvalue weighted by atomic mass is 16.6. The summed E-state index contributed by atoms with van der Waals surface area (Å²) in [6.07, 6.45) is 6.93. The molecule has 1 aliphatic heterocycles. The summed E-state index contributed by atoms with van der Waals surface area (Å²) in [5.74, 6) is 0. The van der Waals surface area contributed by atoms with Gasteiger partial charge in [-0.05, 0) is 12.2 Å². The van der Waals surface area contributed by atoms with Gasteiger partial charge in [0.15, 0.2) is 0 Å². The Morgan fingerprint density at radius 2 is 2.22 bits per heavy atom. The predicted octanol–water partition coefficient (Wildman–Crippen LogP) is 1.08. The Morgan fingerprint density at radius 3 is 2.33 bits per heavy atom. The normalized spacial score (nSPS) is 11.6. The summed E-state index contributed by atoms with van der Waals surface area (Å²) in [4.78, 5) is 4.55. The Bertz CT molecular complexity index is 132. The lowest BCUT2D eigenvalue weighted by Gasteiger charge is -1.97. The van der Waals surface area contributed by atoms with Gasteiger partial charge in [0.1, 0.15) is 6.26 Å². The number of hydrogen-bond donors (Lipinski definition) is 1. The van der Waals surface area contributed by atoms with Crippen LogP contribution in [-0.4, -0.2) is 0 Å². The van der Waals surface area contributed by atoms with Gasteiger partial charge in [-0.25, -0.2) is 5.48 Å². The highest BCUT2D eigenvalue weighted by Gasteiger charge is 1.72. The molecule has 0 aliphatic carbocycles. The first-order valence-corrected chi connectivity index (χ1v) is 2.45. The third-order valence-corrected chi connectivity index (χ3v) is 0.490. The maximum atomic E-state index is 7.32. The quantitative estimate of drug-likeness (QED) is 0.525. The van der Waals surface area contributed by atoms with Gasteiger partial charge >= 0.3 is 0 Å². The third-order valence-electron chi connectivity index (χ3n) is 0.490. The first kappa shape index (κ1) is 7.57. The summed E-state index contributed by atoms with van der Waals surface area (Å²) in [6.45, 7) is 1.43. The van der Waals surface area contributed by atoms with E-state index in [0.717, 1.165) is 0 Å². The van der Waals surface area contributed by atoms with E-state index in [2.05, 4.69) is 10.3 Å². The molecule has 0 aromatic carbocycles. The summed E-state index contributed by atoms with van der Waals surface area (Å²) in [6, 6.07) is 1.75. The summed E-state index contributed by atoms with van der Waals surface area (Å²) >= 11 is 0. The zero-order valence-electron chi connectivity index (χ0n) is 5.16. The van der Waals surface area contributed by atoms with Crippen LogP contribution in [0.3, 0.4) is 0 Å². The lowest BCUT2D eigenvalue weighted by atomic mass is 10.6.